The second-order valence-corrected chi connectivity index (χ2v) is 6.79. The molecular formula is C14H13Br3N2O2. The molecule has 0 atom stereocenters. The minimum absolute atomic E-state index is 0.560. The van der Waals surface area contributed by atoms with Crippen molar-refractivity contribution in [3.63, 3.8) is 0 Å². The van der Waals surface area contributed by atoms with E-state index in [-0.39, 0.29) is 0 Å². The van der Waals surface area contributed by atoms with Crippen LogP contribution in [0.1, 0.15) is 5.56 Å². The highest BCUT2D eigenvalue weighted by atomic mass is 79.9. The number of halogens is 3. The molecule has 21 heavy (non-hydrogen) atoms. The van der Waals surface area contributed by atoms with Gasteiger partial charge in [0.2, 0.25) is 5.88 Å². The first kappa shape index (κ1) is 16.7. The van der Waals surface area contributed by atoms with Crippen LogP contribution in [0.15, 0.2) is 37.8 Å². The van der Waals surface area contributed by atoms with Crippen molar-refractivity contribution in [2.45, 2.75) is 6.54 Å². The summed E-state index contributed by atoms with van der Waals surface area (Å²) < 4.78 is 13.7. The average molecular weight is 481 g/mol. The van der Waals surface area contributed by atoms with Crippen LogP contribution < -0.4 is 14.8 Å². The number of hydrogen-bond donors (Lipinski definition) is 1. The lowest BCUT2D eigenvalue weighted by molar-refractivity contribution is 0.408. The molecule has 0 saturated heterocycles. The van der Waals surface area contributed by atoms with Gasteiger partial charge in [-0.1, -0.05) is 0 Å². The Kier molecular flexibility index (Phi) is 6.04. The number of hydrogen-bond acceptors (Lipinski definition) is 4. The summed E-state index contributed by atoms with van der Waals surface area (Å²) in [6.45, 7) is 0.663. The van der Waals surface area contributed by atoms with Gasteiger partial charge in [-0.25, -0.2) is 4.98 Å². The Labute approximate surface area is 148 Å². The molecule has 7 heteroatoms. The molecule has 0 aliphatic rings. The van der Waals surface area contributed by atoms with E-state index in [1.165, 1.54) is 0 Å². The quantitative estimate of drug-likeness (QED) is 0.661. The van der Waals surface area contributed by atoms with Crippen LogP contribution >= 0.6 is 47.8 Å². The summed E-state index contributed by atoms with van der Waals surface area (Å²) in [7, 11) is 3.50. The van der Waals surface area contributed by atoms with Crippen molar-refractivity contribution in [3.05, 3.63) is 43.4 Å². The molecule has 0 fully saturated rings. The molecule has 0 spiro atoms. The highest BCUT2D eigenvalue weighted by Gasteiger charge is 2.12. The fraction of sp³-hybridized carbons (Fsp3) is 0.214. The van der Waals surface area contributed by atoms with Crippen molar-refractivity contribution in [1.82, 2.24) is 10.3 Å². The lowest BCUT2D eigenvalue weighted by Gasteiger charge is -2.13. The van der Waals surface area contributed by atoms with Crippen LogP contribution in [-0.2, 0) is 6.54 Å². The predicted molar refractivity (Wildman–Crippen MR) is 93.2 cm³/mol. The standard InChI is InChI=1S/C14H13Br3N2O2/c1-18-6-8-3-9(15)7-19-14(8)21-13-5-10(16)12(20-2)4-11(13)17/h3-5,7,18H,6H2,1-2H3. The summed E-state index contributed by atoms with van der Waals surface area (Å²) in [5, 5.41) is 3.10. The number of pyridine rings is 1. The van der Waals surface area contributed by atoms with Crippen molar-refractivity contribution in [2.24, 2.45) is 0 Å². The fourth-order valence-electron chi connectivity index (χ4n) is 1.73. The Balaban J connectivity index is 2.36. The summed E-state index contributed by atoms with van der Waals surface area (Å²) in [6.07, 6.45) is 1.71. The molecule has 0 aliphatic carbocycles. The number of ether oxygens (including phenoxy) is 2. The topological polar surface area (TPSA) is 43.4 Å². The maximum absolute atomic E-state index is 5.92. The SMILES string of the molecule is CNCc1cc(Br)cnc1Oc1cc(Br)c(OC)cc1Br. The van der Waals surface area contributed by atoms with Crippen LogP contribution in [0.25, 0.3) is 0 Å². The summed E-state index contributed by atoms with van der Waals surface area (Å²) in [5.41, 5.74) is 0.964. The fourth-order valence-corrected chi connectivity index (χ4v) is 2.99. The zero-order valence-electron chi connectivity index (χ0n) is 11.4. The van der Waals surface area contributed by atoms with E-state index in [9.17, 15) is 0 Å². The van der Waals surface area contributed by atoms with Gasteiger partial charge in [0.05, 0.1) is 16.1 Å². The Morgan fingerprint density at radius 1 is 1.10 bits per heavy atom. The molecule has 0 aliphatic heterocycles. The molecule has 2 rings (SSSR count). The summed E-state index contributed by atoms with van der Waals surface area (Å²) in [4.78, 5) is 4.33. The molecule has 4 nitrogen and oxygen atoms in total. The van der Waals surface area contributed by atoms with E-state index in [4.69, 9.17) is 9.47 Å². The zero-order chi connectivity index (χ0) is 15.4. The van der Waals surface area contributed by atoms with Crippen LogP contribution in [0, 0.1) is 0 Å². The van der Waals surface area contributed by atoms with Crippen LogP contribution in [-0.4, -0.2) is 19.1 Å². The van der Waals surface area contributed by atoms with Crippen molar-refractivity contribution in [1.29, 1.82) is 0 Å². The van der Waals surface area contributed by atoms with Crippen LogP contribution in [0.2, 0.25) is 0 Å². The Morgan fingerprint density at radius 2 is 1.76 bits per heavy atom. The molecule has 1 N–H and O–H groups in total. The number of aromatic nitrogens is 1. The highest BCUT2D eigenvalue weighted by Crippen LogP contribution is 2.38. The van der Waals surface area contributed by atoms with Crippen molar-refractivity contribution >= 4 is 47.8 Å². The average Bonchev–Trinajstić information content (AvgIpc) is 2.45. The second kappa shape index (κ2) is 7.58. The molecule has 0 unspecified atom stereocenters. The molecule has 112 valence electrons. The van der Waals surface area contributed by atoms with Crippen LogP contribution in [0.3, 0.4) is 0 Å². The number of methoxy groups -OCH3 is 1. The highest BCUT2D eigenvalue weighted by molar-refractivity contribution is 9.11. The smallest absolute Gasteiger partial charge is 0.223 e. The Bertz CT molecular complexity index is 650. The molecule has 0 bridgehead atoms. The van der Waals surface area contributed by atoms with E-state index in [2.05, 4.69) is 58.1 Å². The number of nitrogens with zero attached hydrogens (tertiary/aromatic N) is 1. The zero-order valence-corrected chi connectivity index (χ0v) is 16.2. The van der Waals surface area contributed by atoms with Crippen molar-refractivity contribution < 1.29 is 9.47 Å². The van der Waals surface area contributed by atoms with E-state index in [0.29, 0.717) is 18.2 Å². The Hall–Kier alpha value is -0.630. The molecule has 1 aromatic carbocycles. The van der Waals surface area contributed by atoms with Gasteiger partial charge in [0.15, 0.2) is 0 Å². The monoisotopic (exact) mass is 478 g/mol. The van der Waals surface area contributed by atoms with Gasteiger partial charge in [0.25, 0.3) is 0 Å². The molecule has 1 aromatic heterocycles. The van der Waals surface area contributed by atoms with Gasteiger partial charge in [0, 0.05) is 22.8 Å². The molecule has 1 heterocycles. The molecular weight excluding hydrogens is 468 g/mol. The summed E-state index contributed by atoms with van der Waals surface area (Å²) in [5.74, 6) is 1.95. The third-order valence-electron chi connectivity index (χ3n) is 2.67. The van der Waals surface area contributed by atoms with Crippen molar-refractivity contribution in [2.75, 3.05) is 14.2 Å². The molecule has 0 saturated carbocycles. The van der Waals surface area contributed by atoms with Gasteiger partial charge in [0.1, 0.15) is 11.5 Å². The molecule has 0 radical (unpaired) electrons. The summed E-state index contributed by atoms with van der Waals surface area (Å²) in [6, 6.07) is 5.66. The maximum Gasteiger partial charge on any atom is 0.223 e. The molecule has 0 amide bonds. The van der Waals surface area contributed by atoms with Gasteiger partial charge >= 0.3 is 0 Å². The van der Waals surface area contributed by atoms with Gasteiger partial charge < -0.3 is 14.8 Å². The van der Waals surface area contributed by atoms with E-state index in [0.717, 1.165) is 24.7 Å². The van der Waals surface area contributed by atoms with Gasteiger partial charge in [-0.05, 0) is 73.0 Å². The van der Waals surface area contributed by atoms with Gasteiger partial charge in [-0.2, -0.15) is 0 Å². The number of rotatable bonds is 5. The van der Waals surface area contributed by atoms with E-state index in [1.807, 2.05) is 25.2 Å². The minimum atomic E-state index is 0.560. The van der Waals surface area contributed by atoms with Crippen LogP contribution in [0.4, 0.5) is 0 Å². The minimum Gasteiger partial charge on any atom is -0.496 e. The predicted octanol–water partition coefficient (Wildman–Crippen LogP) is 4.89. The van der Waals surface area contributed by atoms with Crippen molar-refractivity contribution in [3.8, 4) is 17.4 Å². The number of nitrogens with one attached hydrogen (secondary N) is 1. The molecule has 2 aromatic rings. The van der Waals surface area contributed by atoms with Gasteiger partial charge in [-0.3, -0.25) is 0 Å². The largest absolute Gasteiger partial charge is 0.496 e. The summed E-state index contributed by atoms with van der Waals surface area (Å²) >= 11 is 10.3. The van der Waals surface area contributed by atoms with E-state index in [1.54, 1.807) is 13.3 Å². The number of benzene rings is 1. The van der Waals surface area contributed by atoms with Gasteiger partial charge in [-0.15, -0.1) is 0 Å². The third-order valence-corrected chi connectivity index (χ3v) is 4.35. The first-order valence-electron chi connectivity index (χ1n) is 6.05. The first-order chi connectivity index (χ1) is 10.0. The van der Waals surface area contributed by atoms with E-state index >= 15 is 0 Å². The maximum atomic E-state index is 5.92. The second-order valence-electron chi connectivity index (χ2n) is 4.17. The lowest BCUT2D eigenvalue weighted by Crippen LogP contribution is -2.07. The van der Waals surface area contributed by atoms with E-state index < -0.39 is 0 Å². The third kappa shape index (κ3) is 4.18. The Morgan fingerprint density at radius 3 is 2.43 bits per heavy atom. The van der Waals surface area contributed by atoms with Crippen LogP contribution in [0.5, 0.6) is 17.4 Å². The lowest BCUT2D eigenvalue weighted by atomic mass is 10.2. The first-order valence-corrected chi connectivity index (χ1v) is 8.43. The normalized spacial score (nSPS) is 10.5.